The fraction of sp³-hybridized carbons (Fsp3) is 0.296. The van der Waals surface area contributed by atoms with E-state index >= 15 is 0 Å². The number of aliphatic imine (C=N–C) groups is 1. The van der Waals surface area contributed by atoms with Crippen molar-refractivity contribution >= 4 is 5.84 Å². The first-order valence-corrected chi connectivity index (χ1v) is 10.3. The SMILES string of the molecule is C#C.C/C(=C\C/C=C\CF)[C@@H](N=C(N)CCc1ccccc1)[C@@H](C)c1cccc(F)c1. The fourth-order valence-electron chi connectivity index (χ4n) is 3.27. The molecule has 0 heterocycles. The highest BCUT2D eigenvalue weighted by molar-refractivity contribution is 5.81. The van der Waals surface area contributed by atoms with Crippen molar-refractivity contribution in [2.24, 2.45) is 10.7 Å². The molecular formula is C27H32F2N2. The van der Waals surface area contributed by atoms with E-state index in [4.69, 9.17) is 10.7 Å². The molecule has 0 aliphatic rings. The first-order valence-electron chi connectivity index (χ1n) is 10.3. The number of allylic oxidation sites excluding steroid dienone is 3. The molecule has 2 atom stereocenters. The van der Waals surface area contributed by atoms with Gasteiger partial charge in [0, 0.05) is 12.3 Å². The van der Waals surface area contributed by atoms with Crippen LogP contribution in [0.5, 0.6) is 0 Å². The largest absolute Gasteiger partial charge is 0.387 e. The number of amidine groups is 1. The van der Waals surface area contributed by atoms with Gasteiger partial charge in [0.05, 0.1) is 11.9 Å². The normalized spacial score (nSPS) is 14.0. The Morgan fingerprint density at radius 2 is 1.81 bits per heavy atom. The third kappa shape index (κ3) is 9.44. The molecule has 2 rings (SSSR count). The standard InChI is InChI=1S/C25H30F2N2.C2H2/c1-19(10-5-4-8-17-26)25(20(2)22-13-9-14-23(27)18-22)29-24(28)16-15-21-11-6-3-7-12-21;1-2/h3-4,6-14,18,20,25H,5,15-17H2,1-2H3,(H2,28,29);1-2H/b8-4-,19-10+;/t20-,25+;/m0./s1. The van der Waals surface area contributed by atoms with E-state index in [1.807, 2.05) is 44.2 Å². The van der Waals surface area contributed by atoms with Gasteiger partial charge in [-0.05, 0) is 43.0 Å². The minimum atomic E-state index is -0.472. The Morgan fingerprint density at radius 1 is 1.10 bits per heavy atom. The lowest BCUT2D eigenvalue weighted by atomic mass is 9.88. The van der Waals surface area contributed by atoms with Gasteiger partial charge in [0.2, 0.25) is 0 Å². The molecule has 0 saturated heterocycles. The highest BCUT2D eigenvalue weighted by Crippen LogP contribution is 2.27. The molecule has 2 nitrogen and oxygen atoms in total. The lowest BCUT2D eigenvalue weighted by Crippen LogP contribution is -2.22. The molecule has 0 fully saturated rings. The third-order valence-electron chi connectivity index (χ3n) is 4.96. The topological polar surface area (TPSA) is 38.4 Å². The molecule has 2 aromatic carbocycles. The number of nitrogens with two attached hydrogens (primary N) is 1. The van der Waals surface area contributed by atoms with Crippen LogP contribution in [0.1, 0.15) is 43.7 Å². The van der Waals surface area contributed by atoms with Crippen LogP contribution in [0.3, 0.4) is 0 Å². The van der Waals surface area contributed by atoms with Crippen molar-refractivity contribution in [2.75, 3.05) is 6.67 Å². The Labute approximate surface area is 185 Å². The van der Waals surface area contributed by atoms with Gasteiger partial charge in [-0.15, -0.1) is 12.8 Å². The van der Waals surface area contributed by atoms with E-state index in [-0.39, 0.29) is 17.8 Å². The predicted octanol–water partition coefficient (Wildman–Crippen LogP) is 6.40. The average Bonchev–Trinajstić information content (AvgIpc) is 2.80. The van der Waals surface area contributed by atoms with Crippen LogP contribution in [-0.2, 0) is 6.42 Å². The van der Waals surface area contributed by atoms with Crippen LogP contribution in [0.4, 0.5) is 8.78 Å². The van der Waals surface area contributed by atoms with Crippen LogP contribution in [0.2, 0.25) is 0 Å². The van der Waals surface area contributed by atoms with E-state index < -0.39 is 6.67 Å². The van der Waals surface area contributed by atoms with Crippen molar-refractivity contribution in [3.63, 3.8) is 0 Å². The maximum absolute atomic E-state index is 13.7. The Hall–Kier alpha value is -3.19. The van der Waals surface area contributed by atoms with Crippen LogP contribution in [-0.4, -0.2) is 18.6 Å². The van der Waals surface area contributed by atoms with Crippen LogP contribution in [0.25, 0.3) is 0 Å². The van der Waals surface area contributed by atoms with Gasteiger partial charge in [-0.3, -0.25) is 4.99 Å². The predicted molar refractivity (Wildman–Crippen MR) is 128 cm³/mol. The number of terminal acetylenes is 1. The zero-order valence-corrected chi connectivity index (χ0v) is 18.3. The number of hydrogen-bond acceptors (Lipinski definition) is 1. The molecule has 2 aromatic rings. The van der Waals surface area contributed by atoms with Gasteiger partial charge >= 0.3 is 0 Å². The number of benzene rings is 2. The van der Waals surface area contributed by atoms with Gasteiger partial charge in [0.25, 0.3) is 0 Å². The number of hydrogen-bond donors (Lipinski definition) is 1. The first kappa shape index (κ1) is 25.8. The summed E-state index contributed by atoms with van der Waals surface area (Å²) in [7, 11) is 0. The van der Waals surface area contributed by atoms with Gasteiger partial charge in [-0.2, -0.15) is 0 Å². The smallest absolute Gasteiger partial charge is 0.123 e. The van der Waals surface area contributed by atoms with Crippen LogP contribution in [0.15, 0.2) is 83.4 Å². The molecule has 0 spiro atoms. The zero-order chi connectivity index (χ0) is 23.1. The third-order valence-corrected chi connectivity index (χ3v) is 4.96. The number of nitrogens with zero attached hydrogens (tertiary/aromatic N) is 1. The number of halogens is 2. The molecule has 31 heavy (non-hydrogen) atoms. The Morgan fingerprint density at radius 3 is 2.45 bits per heavy atom. The Balaban J connectivity index is 0.00000233. The van der Waals surface area contributed by atoms with Crippen molar-refractivity contribution in [1.82, 2.24) is 0 Å². The van der Waals surface area contributed by atoms with Crippen molar-refractivity contribution in [3.8, 4) is 12.8 Å². The number of alkyl halides is 1. The summed E-state index contributed by atoms with van der Waals surface area (Å²) in [5, 5.41) is 0. The molecule has 4 heteroatoms. The maximum atomic E-state index is 13.7. The van der Waals surface area contributed by atoms with E-state index in [1.54, 1.807) is 18.2 Å². The molecule has 0 aliphatic heterocycles. The van der Waals surface area contributed by atoms with Crippen LogP contribution < -0.4 is 5.73 Å². The van der Waals surface area contributed by atoms with E-state index in [1.165, 1.54) is 17.7 Å². The molecule has 0 aromatic heterocycles. The van der Waals surface area contributed by atoms with E-state index in [2.05, 4.69) is 25.0 Å². The van der Waals surface area contributed by atoms with Gasteiger partial charge < -0.3 is 5.73 Å². The van der Waals surface area contributed by atoms with Gasteiger partial charge in [0.1, 0.15) is 12.5 Å². The van der Waals surface area contributed by atoms with Crippen molar-refractivity contribution in [3.05, 3.63) is 95.3 Å². The van der Waals surface area contributed by atoms with Crippen LogP contribution in [0, 0.1) is 18.7 Å². The summed E-state index contributed by atoms with van der Waals surface area (Å²) in [6.07, 6.45) is 15.4. The summed E-state index contributed by atoms with van der Waals surface area (Å²) in [4.78, 5) is 4.80. The van der Waals surface area contributed by atoms with Crippen molar-refractivity contribution < 1.29 is 8.78 Å². The molecule has 0 saturated carbocycles. The minimum Gasteiger partial charge on any atom is -0.387 e. The molecule has 0 aliphatic carbocycles. The first-order chi connectivity index (χ1) is 15.0. The van der Waals surface area contributed by atoms with Gasteiger partial charge in [-0.25, -0.2) is 8.78 Å². The quantitative estimate of drug-likeness (QED) is 0.205. The molecule has 0 radical (unpaired) electrons. The van der Waals surface area contributed by atoms with Gasteiger partial charge in [-0.1, -0.05) is 73.2 Å². The summed E-state index contributed by atoms with van der Waals surface area (Å²) in [5.41, 5.74) is 9.39. The molecule has 164 valence electrons. The van der Waals surface area contributed by atoms with Crippen molar-refractivity contribution in [2.45, 2.75) is 45.1 Å². The minimum absolute atomic E-state index is 0.0395. The Kier molecular flexibility index (Phi) is 12.3. The highest BCUT2D eigenvalue weighted by atomic mass is 19.1. The monoisotopic (exact) mass is 422 g/mol. The van der Waals surface area contributed by atoms with Crippen LogP contribution >= 0.6 is 0 Å². The zero-order valence-electron chi connectivity index (χ0n) is 18.3. The average molecular weight is 423 g/mol. The molecule has 0 amide bonds. The maximum Gasteiger partial charge on any atom is 0.123 e. The molecular weight excluding hydrogens is 390 g/mol. The summed E-state index contributed by atoms with van der Waals surface area (Å²) in [6.45, 7) is 3.56. The van der Waals surface area contributed by atoms with E-state index in [0.29, 0.717) is 18.7 Å². The highest BCUT2D eigenvalue weighted by Gasteiger charge is 2.21. The van der Waals surface area contributed by atoms with E-state index in [9.17, 15) is 8.78 Å². The second kappa shape index (κ2) is 14.7. The van der Waals surface area contributed by atoms with Gasteiger partial charge in [0.15, 0.2) is 0 Å². The second-order valence-electron chi connectivity index (χ2n) is 7.20. The van der Waals surface area contributed by atoms with E-state index in [0.717, 1.165) is 17.6 Å². The summed E-state index contributed by atoms with van der Waals surface area (Å²) in [6, 6.07) is 16.6. The number of aryl methyl sites for hydroxylation is 1. The fourth-order valence-corrected chi connectivity index (χ4v) is 3.27. The summed E-state index contributed by atoms with van der Waals surface area (Å²) < 4.78 is 26.0. The lowest BCUT2D eigenvalue weighted by molar-refractivity contribution is 0.561. The second-order valence-corrected chi connectivity index (χ2v) is 7.20. The lowest BCUT2D eigenvalue weighted by Gasteiger charge is -2.23. The molecule has 2 N–H and O–H groups in total. The molecule has 0 bridgehead atoms. The molecule has 0 unspecified atom stereocenters. The summed E-state index contributed by atoms with van der Waals surface area (Å²) in [5.74, 6) is 0.276. The van der Waals surface area contributed by atoms with Crippen molar-refractivity contribution in [1.29, 1.82) is 0 Å². The summed E-state index contributed by atoms with van der Waals surface area (Å²) >= 11 is 0. The number of rotatable bonds is 10. The Bertz CT molecular complexity index is 882.